The summed E-state index contributed by atoms with van der Waals surface area (Å²) >= 11 is 0. The molecule has 0 radical (unpaired) electrons. The van der Waals surface area contributed by atoms with Crippen LogP contribution in [0.1, 0.15) is 37.3 Å². The second-order valence-electron chi connectivity index (χ2n) is 10.6. The molecule has 2 aromatic carbocycles. The first-order valence-electron chi connectivity index (χ1n) is 12.9. The zero-order chi connectivity index (χ0) is 25.2. The first kappa shape index (κ1) is 24.7. The van der Waals surface area contributed by atoms with E-state index < -0.39 is 10.8 Å². The molecular weight excluding hydrogens is 444 g/mol. The van der Waals surface area contributed by atoms with E-state index in [0.29, 0.717) is 19.6 Å². The van der Waals surface area contributed by atoms with E-state index in [1.807, 2.05) is 13.0 Å². The van der Waals surface area contributed by atoms with Crippen LogP contribution in [0, 0.1) is 10.8 Å². The SMILES string of the molecule is C=C/C1=C\C=CC/C=C\C(=C/C)C1(CO)CC1(CC2(CO)c3ccccc3-c3ccccc32)COC1. The third kappa shape index (κ3) is 3.78. The highest BCUT2D eigenvalue weighted by Gasteiger charge is 2.54. The number of aliphatic hydroxyl groups excluding tert-OH is 2. The Hall–Kier alpha value is -2.98. The number of ether oxygens (including phenoxy) is 1. The number of allylic oxidation sites excluding steroid dienone is 7. The molecular formula is C33H36O3. The molecule has 1 unspecified atom stereocenters. The van der Waals surface area contributed by atoms with E-state index >= 15 is 0 Å². The molecule has 1 saturated heterocycles. The molecule has 0 amide bonds. The highest BCUT2D eigenvalue weighted by molar-refractivity contribution is 5.81. The number of fused-ring (bicyclic) bond motifs is 3. The van der Waals surface area contributed by atoms with Crippen molar-refractivity contribution < 1.29 is 14.9 Å². The summed E-state index contributed by atoms with van der Waals surface area (Å²) in [5.74, 6) is 0. The monoisotopic (exact) mass is 480 g/mol. The summed E-state index contributed by atoms with van der Waals surface area (Å²) in [6.07, 6.45) is 16.9. The molecule has 5 rings (SSSR count). The second-order valence-corrected chi connectivity index (χ2v) is 10.6. The van der Waals surface area contributed by atoms with Gasteiger partial charge in [0.05, 0.1) is 26.4 Å². The maximum absolute atomic E-state index is 11.1. The molecule has 0 saturated carbocycles. The molecule has 3 aliphatic rings. The van der Waals surface area contributed by atoms with Crippen LogP contribution in [0.3, 0.4) is 0 Å². The van der Waals surface area contributed by atoms with Crippen LogP contribution in [0.5, 0.6) is 0 Å². The van der Waals surface area contributed by atoms with Gasteiger partial charge in [-0.25, -0.2) is 0 Å². The summed E-state index contributed by atoms with van der Waals surface area (Å²) < 4.78 is 5.90. The van der Waals surface area contributed by atoms with Crippen LogP contribution >= 0.6 is 0 Å². The molecule has 2 N–H and O–H groups in total. The first-order chi connectivity index (χ1) is 17.6. The quantitative estimate of drug-likeness (QED) is 0.489. The number of benzene rings is 2. The minimum atomic E-state index is -0.611. The fraction of sp³-hybridized carbons (Fsp3) is 0.333. The predicted octanol–water partition coefficient (Wildman–Crippen LogP) is 6.30. The van der Waals surface area contributed by atoms with E-state index in [0.717, 1.165) is 24.0 Å². The fourth-order valence-corrected chi connectivity index (χ4v) is 6.86. The highest BCUT2D eigenvalue weighted by Crippen LogP contribution is 2.58. The summed E-state index contributed by atoms with van der Waals surface area (Å²) in [7, 11) is 0. The van der Waals surface area contributed by atoms with Gasteiger partial charge in [0.1, 0.15) is 0 Å². The average molecular weight is 481 g/mol. The van der Waals surface area contributed by atoms with Crippen LogP contribution in [0.25, 0.3) is 11.1 Å². The molecule has 1 aliphatic heterocycles. The lowest BCUT2D eigenvalue weighted by molar-refractivity contribution is -0.145. The van der Waals surface area contributed by atoms with Crippen molar-refractivity contribution in [3.8, 4) is 11.1 Å². The average Bonchev–Trinajstić information content (AvgIpc) is 3.22. The topological polar surface area (TPSA) is 49.7 Å². The van der Waals surface area contributed by atoms with Crippen molar-refractivity contribution in [2.75, 3.05) is 26.4 Å². The summed E-state index contributed by atoms with van der Waals surface area (Å²) in [6, 6.07) is 16.9. The van der Waals surface area contributed by atoms with E-state index in [-0.39, 0.29) is 18.6 Å². The lowest BCUT2D eigenvalue weighted by Crippen LogP contribution is -2.52. The van der Waals surface area contributed by atoms with Gasteiger partial charge in [0, 0.05) is 16.2 Å². The Morgan fingerprint density at radius 3 is 2.03 bits per heavy atom. The largest absolute Gasteiger partial charge is 0.395 e. The van der Waals surface area contributed by atoms with Crippen molar-refractivity contribution in [2.45, 2.75) is 31.6 Å². The summed E-state index contributed by atoms with van der Waals surface area (Å²) in [5, 5.41) is 22.1. The van der Waals surface area contributed by atoms with Gasteiger partial charge in [-0.2, -0.15) is 0 Å². The van der Waals surface area contributed by atoms with Crippen LogP contribution in [0.15, 0.2) is 109 Å². The van der Waals surface area contributed by atoms with Crippen LogP contribution in [-0.2, 0) is 10.2 Å². The zero-order valence-electron chi connectivity index (χ0n) is 21.1. The molecule has 36 heavy (non-hydrogen) atoms. The van der Waals surface area contributed by atoms with Gasteiger partial charge >= 0.3 is 0 Å². The van der Waals surface area contributed by atoms with Gasteiger partial charge in [-0.1, -0.05) is 97.6 Å². The smallest absolute Gasteiger partial charge is 0.0569 e. The summed E-state index contributed by atoms with van der Waals surface area (Å²) in [6.45, 7) is 7.37. The van der Waals surface area contributed by atoms with Crippen LogP contribution in [0.2, 0.25) is 0 Å². The minimum Gasteiger partial charge on any atom is -0.395 e. The molecule has 2 aromatic rings. The van der Waals surface area contributed by atoms with Gasteiger partial charge < -0.3 is 14.9 Å². The van der Waals surface area contributed by atoms with Crippen LogP contribution in [0.4, 0.5) is 0 Å². The Morgan fingerprint density at radius 2 is 1.50 bits per heavy atom. The minimum absolute atomic E-state index is 0.0241. The Morgan fingerprint density at radius 1 is 0.889 bits per heavy atom. The lowest BCUT2D eigenvalue weighted by Gasteiger charge is -2.52. The molecule has 1 fully saturated rings. The van der Waals surface area contributed by atoms with Gasteiger partial charge in [0.2, 0.25) is 0 Å². The fourth-order valence-electron chi connectivity index (χ4n) is 6.86. The second kappa shape index (κ2) is 9.82. The number of rotatable bonds is 7. The molecule has 2 aliphatic carbocycles. The molecule has 0 bridgehead atoms. The Balaban J connectivity index is 1.63. The van der Waals surface area contributed by atoms with Crippen molar-refractivity contribution in [3.05, 3.63) is 120 Å². The van der Waals surface area contributed by atoms with Gasteiger partial charge in [0.25, 0.3) is 0 Å². The molecule has 3 heteroatoms. The van der Waals surface area contributed by atoms with Gasteiger partial charge in [-0.05, 0) is 59.6 Å². The van der Waals surface area contributed by atoms with E-state index in [9.17, 15) is 10.2 Å². The van der Waals surface area contributed by atoms with E-state index in [1.165, 1.54) is 22.3 Å². The normalized spacial score (nSPS) is 27.0. The molecule has 1 atom stereocenters. The van der Waals surface area contributed by atoms with E-state index in [4.69, 9.17) is 4.74 Å². The van der Waals surface area contributed by atoms with Gasteiger partial charge in [-0.15, -0.1) is 0 Å². The predicted molar refractivity (Wildman–Crippen MR) is 147 cm³/mol. The van der Waals surface area contributed by atoms with Crippen LogP contribution in [-0.4, -0.2) is 36.6 Å². The summed E-state index contributed by atoms with van der Waals surface area (Å²) in [4.78, 5) is 0. The lowest BCUT2D eigenvalue weighted by atomic mass is 9.57. The van der Waals surface area contributed by atoms with Crippen molar-refractivity contribution >= 4 is 0 Å². The number of aliphatic hydroxyl groups is 2. The third-order valence-corrected chi connectivity index (χ3v) is 8.50. The maximum Gasteiger partial charge on any atom is 0.0569 e. The van der Waals surface area contributed by atoms with Gasteiger partial charge in [0.15, 0.2) is 0 Å². The Kier molecular flexibility index (Phi) is 6.74. The Bertz CT molecular complexity index is 1210. The standard InChI is InChI=1S/C33H36O3/c1-3-25-13-7-5-6-8-14-26(4-2)32(25,21-34)19-31(23-36-24-31)20-33(22-35)29-17-11-9-15-27(29)28-16-10-12-18-30(28)33/h3-5,7-18,34-35H,1,6,19-24H2,2H3/b7-5?,14-8-,25-13+,26-4+. The van der Waals surface area contributed by atoms with Crippen molar-refractivity contribution in [2.24, 2.45) is 10.8 Å². The molecule has 186 valence electrons. The van der Waals surface area contributed by atoms with Crippen molar-refractivity contribution in [1.82, 2.24) is 0 Å². The summed E-state index contributed by atoms with van der Waals surface area (Å²) in [5.41, 5.74) is 5.51. The first-order valence-corrected chi connectivity index (χ1v) is 12.9. The third-order valence-electron chi connectivity index (χ3n) is 8.50. The molecule has 0 aromatic heterocycles. The van der Waals surface area contributed by atoms with Crippen molar-refractivity contribution in [1.29, 1.82) is 0 Å². The highest BCUT2D eigenvalue weighted by atomic mass is 16.5. The van der Waals surface area contributed by atoms with Gasteiger partial charge in [-0.3, -0.25) is 0 Å². The molecule has 3 nitrogen and oxygen atoms in total. The molecule has 1 heterocycles. The van der Waals surface area contributed by atoms with E-state index in [1.54, 1.807) is 0 Å². The van der Waals surface area contributed by atoms with Crippen LogP contribution < -0.4 is 0 Å². The number of hydrogen-bond acceptors (Lipinski definition) is 3. The Labute approximate surface area is 214 Å². The maximum atomic E-state index is 11.1. The zero-order valence-corrected chi connectivity index (χ0v) is 21.1. The van der Waals surface area contributed by atoms with Crippen molar-refractivity contribution in [3.63, 3.8) is 0 Å². The molecule has 0 spiro atoms. The van der Waals surface area contributed by atoms with E-state index in [2.05, 4.69) is 91.6 Å². The number of hydrogen-bond donors (Lipinski definition) is 2.